The van der Waals surface area contributed by atoms with Crippen LogP contribution in [0.2, 0.25) is 0 Å². The molecular weight excluding hydrogens is 294 g/mol. The van der Waals surface area contributed by atoms with Crippen molar-refractivity contribution in [3.8, 4) is 23.0 Å². The van der Waals surface area contributed by atoms with Crippen molar-refractivity contribution in [2.45, 2.75) is 6.42 Å². The van der Waals surface area contributed by atoms with Gasteiger partial charge in [-0.3, -0.25) is 4.99 Å². The number of aromatic hydroxyl groups is 1. The lowest BCUT2D eigenvalue weighted by molar-refractivity contribution is 0.171. The van der Waals surface area contributed by atoms with Gasteiger partial charge in [0.25, 0.3) is 0 Å². The summed E-state index contributed by atoms with van der Waals surface area (Å²) in [5.41, 5.74) is 1.78. The van der Waals surface area contributed by atoms with E-state index in [0.29, 0.717) is 31.1 Å². The minimum absolute atomic E-state index is 0.189. The first-order chi connectivity index (χ1) is 11.3. The van der Waals surface area contributed by atoms with Gasteiger partial charge in [0.15, 0.2) is 11.5 Å². The second-order valence-corrected chi connectivity index (χ2v) is 5.19. The van der Waals surface area contributed by atoms with Crippen molar-refractivity contribution >= 4 is 6.21 Å². The molecule has 0 saturated heterocycles. The van der Waals surface area contributed by atoms with Gasteiger partial charge in [-0.1, -0.05) is 6.07 Å². The van der Waals surface area contributed by atoms with Gasteiger partial charge >= 0.3 is 0 Å². The second kappa shape index (κ2) is 7.05. The standard InChI is InChI=1S/C18H19NO4/c1-21-15-3-4-16(20)14(11-15)12-19-7-6-13-2-5-17-18(10-13)23-9-8-22-17/h2-5,10-12,20H,6-9H2,1H3. The lowest BCUT2D eigenvalue weighted by Crippen LogP contribution is -2.15. The predicted octanol–water partition coefficient (Wildman–Crippen LogP) is 2.83. The summed E-state index contributed by atoms with van der Waals surface area (Å²) in [6.45, 7) is 1.81. The fourth-order valence-electron chi connectivity index (χ4n) is 2.36. The minimum Gasteiger partial charge on any atom is -0.507 e. The maximum Gasteiger partial charge on any atom is 0.161 e. The van der Waals surface area contributed by atoms with Crippen molar-refractivity contribution in [1.82, 2.24) is 0 Å². The maximum atomic E-state index is 9.80. The van der Waals surface area contributed by atoms with Gasteiger partial charge in [-0.2, -0.15) is 0 Å². The van der Waals surface area contributed by atoms with E-state index in [9.17, 15) is 5.11 Å². The van der Waals surface area contributed by atoms with Crippen LogP contribution >= 0.6 is 0 Å². The lowest BCUT2D eigenvalue weighted by atomic mass is 10.1. The van der Waals surface area contributed by atoms with Crippen LogP contribution in [0.1, 0.15) is 11.1 Å². The highest BCUT2D eigenvalue weighted by molar-refractivity contribution is 5.84. The molecule has 0 aliphatic carbocycles. The molecule has 0 atom stereocenters. The fraction of sp³-hybridized carbons (Fsp3) is 0.278. The molecule has 2 aromatic rings. The zero-order valence-electron chi connectivity index (χ0n) is 13.0. The lowest BCUT2D eigenvalue weighted by Gasteiger charge is -2.18. The van der Waals surface area contributed by atoms with Crippen LogP contribution in [-0.2, 0) is 6.42 Å². The molecule has 0 saturated carbocycles. The smallest absolute Gasteiger partial charge is 0.161 e. The summed E-state index contributed by atoms with van der Waals surface area (Å²) in [6, 6.07) is 11.0. The van der Waals surface area contributed by atoms with Crippen molar-refractivity contribution in [1.29, 1.82) is 0 Å². The van der Waals surface area contributed by atoms with Crippen LogP contribution in [0.4, 0.5) is 0 Å². The van der Waals surface area contributed by atoms with E-state index in [1.54, 1.807) is 31.5 Å². The van der Waals surface area contributed by atoms with E-state index in [2.05, 4.69) is 4.99 Å². The van der Waals surface area contributed by atoms with E-state index in [4.69, 9.17) is 14.2 Å². The number of methoxy groups -OCH3 is 1. The molecule has 1 aliphatic heterocycles. The molecule has 0 unspecified atom stereocenters. The fourth-order valence-corrected chi connectivity index (χ4v) is 2.36. The van der Waals surface area contributed by atoms with Gasteiger partial charge in [0.2, 0.25) is 0 Å². The molecule has 3 rings (SSSR count). The molecule has 5 nitrogen and oxygen atoms in total. The molecule has 5 heteroatoms. The Morgan fingerprint density at radius 1 is 1.13 bits per heavy atom. The number of phenols is 1. The molecule has 1 heterocycles. The number of phenolic OH excluding ortho intramolecular Hbond substituents is 1. The van der Waals surface area contributed by atoms with Gasteiger partial charge in [0, 0.05) is 18.3 Å². The molecule has 0 aromatic heterocycles. The van der Waals surface area contributed by atoms with Crippen molar-refractivity contribution in [2.75, 3.05) is 26.9 Å². The average Bonchev–Trinajstić information content (AvgIpc) is 2.60. The molecule has 2 aromatic carbocycles. The SMILES string of the molecule is COc1ccc(O)c(C=NCCc2ccc3c(c2)OCCO3)c1. The largest absolute Gasteiger partial charge is 0.507 e. The number of ether oxygens (including phenoxy) is 3. The summed E-state index contributed by atoms with van der Waals surface area (Å²) in [7, 11) is 1.59. The van der Waals surface area contributed by atoms with E-state index in [-0.39, 0.29) is 5.75 Å². The van der Waals surface area contributed by atoms with E-state index in [0.717, 1.165) is 23.5 Å². The highest BCUT2D eigenvalue weighted by atomic mass is 16.6. The van der Waals surface area contributed by atoms with Crippen molar-refractivity contribution in [3.05, 3.63) is 47.5 Å². The van der Waals surface area contributed by atoms with Crippen LogP contribution in [-0.4, -0.2) is 38.2 Å². The second-order valence-electron chi connectivity index (χ2n) is 5.19. The zero-order valence-corrected chi connectivity index (χ0v) is 13.0. The van der Waals surface area contributed by atoms with Crippen LogP contribution in [0.25, 0.3) is 0 Å². The third kappa shape index (κ3) is 3.74. The highest BCUT2D eigenvalue weighted by Crippen LogP contribution is 2.30. The number of nitrogens with zero attached hydrogens (tertiary/aromatic N) is 1. The Bertz CT molecular complexity index is 712. The van der Waals surface area contributed by atoms with Crippen LogP contribution in [0.5, 0.6) is 23.0 Å². The summed E-state index contributed by atoms with van der Waals surface area (Å²) in [6.07, 6.45) is 2.45. The molecule has 1 aliphatic rings. The minimum atomic E-state index is 0.189. The topological polar surface area (TPSA) is 60.3 Å². The Morgan fingerprint density at radius 2 is 1.96 bits per heavy atom. The third-order valence-electron chi connectivity index (χ3n) is 3.60. The van der Waals surface area contributed by atoms with E-state index < -0.39 is 0 Å². The number of aliphatic imine (C=N–C) groups is 1. The number of rotatable bonds is 5. The van der Waals surface area contributed by atoms with Crippen molar-refractivity contribution < 1.29 is 19.3 Å². The van der Waals surface area contributed by atoms with Crippen LogP contribution < -0.4 is 14.2 Å². The third-order valence-corrected chi connectivity index (χ3v) is 3.60. The van der Waals surface area contributed by atoms with Gasteiger partial charge in [-0.25, -0.2) is 0 Å². The molecule has 1 N–H and O–H groups in total. The van der Waals surface area contributed by atoms with Crippen LogP contribution in [0.3, 0.4) is 0 Å². The number of fused-ring (bicyclic) bond motifs is 1. The Hall–Kier alpha value is -2.69. The van der Waals surface area contributed by atoms with E-state index in [1.165, 1.54) is 0 Å². The Labute approximate surface area is 135 Å². The molecule has 0 spiro atoms. The zero-order chi connectivity index (χ0) is 16.1. The van der Waals surface area contributed by atoms with Crippen molar-refractivity contribution in [3.63, 3.8) is 0 Å². The van der Waals surface area contributed by atoms with Crippen LogP contribution in [0.15, 0.2) is 41.4 Å². The monoisotopic (exact) mass is 313 g/mol. The Kier molecular flexibility index (Phi) is 4.66. The first kappa shape index (κ1) is 15.2. The summed E-state index contributed by atoms with van der Waals surface area (Å²) in [5, 5.41) is 9.80. The molecule has 0 amide bonds. The van der Waals surface area contributed by atoms with Crippen LogP contribution in [0, 0.1) is 0 Å². The molecule has 23 heavy (non-hydrogen) atoms. The highest BCUT2D eigenvalue weighted by Gasteiger charge is 2.11. The Morgan fingerprint density at radius 3 is 2.78 bits per heavy atom. The molecule has 120 valence electrons. The summed E-state index contributed by atoms with van der Waals surface area (Å²) < 4.78 is 16.2. The number of benzene rings is 2. The maximum absolute atomic E-state index is 9.80. The quantitative estimate of drug-likeness (QED) is 0.862. The molecule has 0 fully saturated rings. The molecule has 0 bridgehead atoms. The van der Waals surface area contributed by atoms with Gasteiger partial charge < -0.3 is 19.3 Å². The van der Waals surface area contributed by atoms with Gasteiger partial charge in [0.1, 0.15) is 24.7 Å². The van der Waals surface area contributed by atoms with Gasteiger partial charge in [-0.05, 0) is 42.3 Å². The first-order valence-corrected chi connectivity index (χ1v) is 7.51. The normalized spacial score (nSPS) is 13.3. The average molecular weight is 313 g/mol. The summed E-state index contributed by atoms with van der Waals surface area (Å²) in [4.78, 5) is 4.37. The Balaban J connectivity index is 1.61. The number of hydrogen-bond acceptors (Lipinski definition) is 5. The first-order valence-electron chi connectivity index (χ1n) is 7.51. The van der Waals surface area contributed by atoms with Crippen molar-refractivity contribution in [2.24, 2.45) is 4.99 Å². The van der Waals surface area contributed by atoms with E-state index in [1.807, 2.05) is 18.2 Å². The van der Waals surface area contributed by atoms with Gasteiger partial charge in [0.05, 0.1) is 7.11 Å². The number of hydrogen-bond donors (Lipinski definition) is 1. The van der Waals surface area contributed by atoms with Gasteiger partial charge in [-0.15, -0.1) is 0 Å². The predicted molar refractivity (Wildman–Crippen MR) is 88.3 cm³/mol. The summed E-state index contributed by atoms with van der Waals surface area (Å²) >= 11 is 0. The summed E-state index contributed by atoms with van der Waals surface area (Å²) in [5.74, 6) is 2.47. The molecule has 0 radical (unpaired) electrons. The molecular formula is C18H19NO4. The van der Waals surface area contributed by atoms with E-state index >= 15 is 0 Å².